The predicted octanol–water partition coefficient (Wildman–Crippen LogP) is 2.95. The van der Waals surface area contributed by atoms with Crippen molar-refractivity contribution in [2.75, 3.05) is 16.6 Å². The molecule has 0 saturated carbocycles. The largest absolute Gasteiger partial charge is 0.270 e. The molecule has 0 N–H and O–H groups in total. The maximum absolute atomic E-state index is 11.8. The molecule has 0 unspecified atom stereocenters. The summed E-state index contributed by atoms with van der Waals surface area (Å²) in [7, 11) is -3.06. The summed E-state index contributed by atoms with van der Waals surface area (Å²) < 4.78 is 25.2. The summed E-state index contributed by atoms with van der Waals surface area (Å²) in [5, 5.41) is 0. The van der Waals surface area contributed by atoms with Crippen LogP contribution in [0.25, 0.3) is 0 Å². The number of anilines is 1. The van der Waals surface area contributed by atoms with Crippen LogP contribution in [0.4, 0.5) is 5.69 Å². The Morgan fingerprint density at radius 2 is 1.88 bits per heavy atom. The predicted molar refractivity (Wildman–Crippen MR) is 72.9 cm³/mol. The van der Waals surface area contributed by atoms with Gasteiger partial charge >= 0.3 is 0 Å². The van der Waals surface area contributed by atoms with E-state index >= 15 is 0 Å². The summed E-state index contributed by atoms with van der Waals surface area (Å²) in [6, 6.07) is 7.65. The fourth-order valence-corrected chi connectivity index (χ4v) is 3.49. The molecule has 2 rings (SSSR count). The molecule has 0 aliphatic carbocycles. The van der Waals surface area contributed by atoms with Crippen LogP contribution in [0.2, 0.25) is 0 Å². The standard InChI is InChI=1S/C11H15NO2S.C2H6/c1-10-5-4-6-11(9-10)12-7-2-3-8-15(12,13)14;1-2/h4-6,9H,2-3,7-8H2,1H3;1-2H3. The summed E-state index contributed by atoms with van der Waals surface area (Å²) in [4.78, 5) is 0. The van der Waals surface area contributed by atoms with Crippen LogP contribution >= 0.6 is 0 Å². The van der Waals surface area contributed by atoms with Gasteiger partial charge in [0.1, 0.15) is 0 Å². The second kappa shape index (κ2) is 6.05. The molecule has 1 aromatic carbocycles. The molecule has 1 fully saturated rings. The van der Waals surface area contributed by atoms with Gasteiger partial charge in [-0.05, 0) is 37.5 Å². The average Bonchev–Trinajstić information content (AvgIpc) is 2.31. The van der Waals surface area contributed by atoms with Crippen molar-refractivity contribution < 1.29 is 8.42 Å². The van der Waals surface area contributed by atoms with E-state index in [1.807, 2.05) is 45.0 Å². The molecule has 1 heterocycles. The van der Waals surface area contributed by atoms with Gasteiger partial charge < -0.3 is 0 Å². The normalized spacial score (nSPS) is 18.2. The molecule has 3 nitrogen and oxygen atoms in total. The molecule has 1 aliphatic rings. The Bertz CT molecular complexity index is 454. The fraction of sp³-hybridized carbons (Fsp3) is 0.538. The number of rotatable bonds is 1. The second-order valence-corrected chi connectivity index (χ2v) is 5.95. The van der Waals surface area contributed by atoms with Gasteiger partial charge in [0, 0.05) is 6.54 Å². The van der Waals surface area contributed by atoms with E-state index < -0.39 is 10.0 Å². The summed E-state index contributed by atoms with van der Waals surface area (Å²) in [6.07, 6.45) is 1.73. The fourth-order valence-electron chi connectivity index (χ4n) is 1.86. The number of aryl methyl sites for hydroxylation is 1. The van der Waals surface area contributed by atoms with Gasteiger partial charge in [-0.3, -0.25) is 4.31 Å². The number of hydrogen-bond acceptors (Lipinski definition) is 2. The first kappa shape index (κ1) is 14.0. The molecular weight excluding hydrogens is 234 g/mol. The monoisotopic (exact) mass is 255 g/mol. The van der Waals surface area contributed by atoms with Gasteiger partial charge in [0.2, 0.25) is 10.0 Å². The topological polar surface area (TPSA) is 37.4 Å². The van der Waals surface area contributed by atoms with E-state index in [9.17, 15) is 8.42 Å². The Morgan fingerprint density at radius 3 is 2.47 bits per heavy atom. The van der Waals surface area contributed by atoms with E-state index in [1.165, 1.54) is 4.31 Å². The Labute approximate surface area is 105 Å². The minimum absolute atomic E-state index is 0.279. The van der Waals surface area contributed by atoms with E-state index in [2.05, 4.69) is 0 Å². The lowest BCUT2D eigenvalue weighted by atomic mass is 10.2. The molecule has 0 radical (unpaired) electrons. The molecule has 17 heavy (non-hydrogen) atoms. The van der Waals surface area contributed by atoms with Gasteiger partial charge in [-0.1, -0.05) is 26.0 Å². The Morgan fingerprint density at radius 1 is 1.18 bits per heavy atom. The van der Waals surface area contributed by atoms with E-state index in [1.54, 1.807) is 0 Å². The van der Waals surface area contributed by atoms with Crippen LogP contribution in [0.3, 0.4) is 0 Å². The number of nitrogens with zero attached hydrogens (tertiary/aromatic N) is 1. The van der Waals surface area contributed by atoms with Crippen molar-refractivity contribution in [1.82, 2.24) is 0 Å². The summed E-state index contributed by atoms with van der Waals surface area (Å²) in [6.45, 7) is 6.59. The van der Waals surface area contributed by atoms with E-state index in [0.29, 0.717) is 6.54 Å². The van der Waals surface area contributed by atoms with E-state index in [4.69, 9.17) is 0 Å². The zero-order valence-electron chi connectivity index (χ0n) is 10.8. The van der Waals surface area contributed by atoms with Crippen LogP contribution in [0.5, 0.6) is 0 Å². The molecule has 1 saturated heterocycles. The van der Waals surface area contributed by atoms with Crippen molar-refractivity contribution >= 4 is 15.7 Å². The molecule has 1 aromatic rings. The molecule has 96 valence electrons. The van der Waals surface area contributed by atoms with Crippen LogP contribution in [0.1, 0.15) is 32.3 Å². The Balaban J connectivity index is 0.000000686. The molecular formula is C13H21NO2S. The highest BCUT2D eigenvalue weighted by molar-refractivity contribution is 7.92. The Kier molecular flexibility index (Phi) is 5.00. The minimum atomic E-state index is -3.06. The molecule has 4 heteroatoms. The van der Waals surface area contributed by atoms with Crippen LogP contribution in [0, 0.1) is 6.92 Å². The van der Waals surface area contributed by atoms with Gasteiger partial charge in [0.25, 0.3) is 0 Å². The number of hydrogen-bond donors (Lipinski definition) is 0. The van der Waals surface area contributed by atoms with Gasteiger partial charge in [-0.15, -0.1) is 0 Å². The lowest BCUT2D eigenvalue weighted by Gasteiger charge is -2.28. The van der Waals surface area contributed by atoms with Gasteiger partial charge in [-0.2, -0.15) is 0 Å². The van der Waals surface area contributed by atoms with Gasteiger partial charge in [-0.25, -0.2) is 8.42 Å². The lowest BCUT2D eigenvalue weighted by molar-refractivity contribution is 0.574. The van der Waals surface area contributed by atoms with Crippen LogP contribution in [-0.2, 0) is 10.0 Å². The van der Waals surface area contributed by atoms with Crippen molar-refractivity contribution in [1.29, 1.82) is 0 Å². The highest BCUT2D eigenvalue weighted by atomic mass is 32.2. The first-order valence-corrected chi connectivity index (χ1v) is 7.77. The third-order valence-electron chi connectivity index (χ3n) is 2.64. The summed E-state index contributed by atoms with van der Waals surface area (Å²) in [5.41, 5.74) is 1.89. The zero-order valence-corrected chi connectivity index (χ0v) is 11.6. The summed E-state index contributed by atoms with van der Waals surface area (Å²) in [5.74, 6) is 0.279. The van der Waals surface area contributed by atoms with Crippen LogP contribution in [0.15, 0.2) is 24.3 Å². The number of sulfonamides is 1. The highest BCUT2D eigenvalue weighted by Crippen LogP contribution is 2.23. The second-order valence-electron chi connectivity index (χ2n) is 3.93. The highest BCUT2D eigenvalue weighted by Gasteiger charge is 2.25. The number of benzene rings is 1. The van der Waals surface area contributed by atoms with Crippen molar-refractivity contribution in [2.45, 2.75) is 33.6 Å². The van der Waals surface area contributed by atoms with Crippen molar-refractivity contribution in [2.24, 2.45) is 0 Å². The molecule has 0 bridgehead atoms. The lowest BCUT2D eigenvalue weighted by Crippen LogP contribution is -2.37. The van der Waals surface area contributed by atoms with Crippen molar-refractivity contribution in [3.8, 4) is 0 Å². The first-order valence-electron chi connectivity index (χ1n) is 6.17. The first-order chi connectivity index (χ1) is 8.09. The smallest absolute Gasteiger partial charge is 0.235 e. The van der Waals surface area contributed by atoms with Gasteiger partial charge in [0.05, 0.1) is 11.4 Å². The maximum atomic E-state index is 11.8. The van der Waals surface area contributed by atoms with Gasteiger partial charge in [0.15, 0.2) is 0 Å². The third kappa shape index (κ3) is 3.46. The SMILES string of the molecule is CC.Cc1cccc(N2CCCCS2(=O)=O)c1. The van der Waals surface area contributed by atoms with Crippen LogP contribution < -0.4 is 4.31 Å². The van der Waals surface area contributed by atoms with Crippen LogP contribution in [-0.4, -0.2) is 20.7 Å². The summed E-state index contributed by atoms with van der Waals surface area (Å²) >= 11 is 0. The third-order valence-corrected chi connectivity index (χ3v) is 4.51. The van der Waals surface area contributed by atoms with Crippen molar-refractivity contribution in [3.05, 3.63) is 29.8 Å². The minimum Gasteiger partial charge on any atom is -0.270 e. The molecule has 0 amide bonds. The average molecular weight is 255 g/mol. The maximum Gasteiger partial charge on any atom is 0.235 e. The van der Waals surface area contributed by atoms with E-state index in [0.717, 1.165) is 24.1 Å². The van der Waals surface area contributed by atoms with E-state index in [-0.39, 0.29) is 5.75 Å². The zero-order chi connectivity index (χ0) is 12.9. The van der Waals surface area contributed by atoms with Crippen molar-refractivity contribution in [3.63, 3.8) is 0 Å². The quantitative estimate of drug-likeness (QED) is 0.773. The molecule has 0 aromatic heterocycles. The molecule has 1 aliphatic heterocycles. The molecule has 0 atom stereocenters. The Hall–Kier alpha value is -1.03. The molecule has 0 spiro atoms.